The molecule has 0 heterocycles. The molecule has 0 aliphatic carbocycles. The van der Waals surface area contributed by atoms with Gasteiger partial charge in [-0.25, -0.2) is 0 Å². The number of benzene rings is 3. The van der Waals surface area contributed by atoms with E-state index >= 15 is 0 Å². The fourth-order valence-electron chi connectivity index (χ4n) is 3.20. The second-order valence-electron chi connectivity index (χ2n) is 7.45. The molecule has 0 bridgehead atoms. The van der Waals surface area contributed by atoms with Crippen molar-refractivity contribution >= 4 is 35.0 Å². The van der Waals surface area contributed by atoms with Gasteiger partial charge in [-0.1, -0.05) is 60.3 Å². The van der Waals surface area contributed by atoms with Crippen molar-refractivity contribution in [3.8, 4) is 0 Å². The van der Waals surface area contributed by atoms with Gasteiger partial charge in [0.15, 0.2) is 0 Å². The number of nitrogens with one attached hydrogen (secondary N) is 2. The van der Waals surface area contributed by atoms with Crippen LogP contribution in [0.1, 0.15) is 11.1 Å². The number of anilines is 2. The van der Waals surface area contributed by atoms with Gasteiger partial charge in [0.05, 0.1) is 18.8 Å². The lowest BCUT2D eigenvalue weighted by molar-refractivity contribution is -0.119. The Labute approximate surface area is 187 Å². The lowest BCUT2D eigenvalue weighted by Gasteiger charge is -2.18. The Bertz CT molecular complexity index is 1030. The molecule has 6 heteroatoms. The highest BCUT2D eigenvalue weighted by atomic mass is 32.2. The van der Waals surface area contributed by atoms with Crippen LogP contribution in [0.4, 0.5) is 11.4 Å². The highest BCUT2D eigenvalue weighted by Gasteiger charge is 2.14. The van der Waals surface area contributed by atoms with E-state index in [0.717, 1.165) is 32.3 Å². The average Bonchev–Trinajstić information content (AvgIpc) is 2.73. The largest absolute Gasteiger partial charge is 0.324 e. The van der Waals surface area contributed by atoms with E-state index in [0.29, 0.717) is 0 Å². The van der Waals surface area contributed by atoms with Gasteiger partial charge in [0.25, 0.3) is 0 Å². The minimum atomic E-state index is -0.163. The first-order valence-electron chi connectivity index (χ1n) is 10.1. The fraction of sp³-hybridized carbons (Fsp3) is 0.200. The van der Waals surface area contributed by atoms with Crippen LogP contribution in [-0.4, -0.2) is 36.9 Å². The second-order valence-corrected chi connectivity index (χ2v) is 8.56. The number of para-hydroxylation sites is 2. The maximum absolute atomic E-state index is 12.6. The molecule has 0 aromatic heterocycles. The smallest absolute Gasteiger partial charge is 0.238 e. The van der Waals surface area contributed by atoms with Crippen molar-refractivity contribution in [1.29, 1.82) is 0 Å². The van der Waals surface area contributed by atoms with Crippen LogP contribution in [-0.2, 0) is 9.59 Å². The van der Waals surface area contributed by atoms with Crippen LogP contribution < -0.4 is 10.6 Å². The molecule has 3 aromatic rings. The van der Waals surface area contributed by atoms with Gasteiger partial charge in [-0.2, -0.15) is 0 Å². The maximum atomic E-state index is 12.6. The highest BCUT2D eigenvalue weighted by Crippen LogP contribution is 2.33. The van der Waals surface area contributed by atoms with Gasteiger partial charge < -0.3 is 10.6 Å². The Morgan fingerprint density at radius 3 is 2.03 bits per heavy atom. The number of rotatable bonds is 8. The van der Waals surface area contributed by atoms with Gasteiger partial charge >= 0.3 is 0 Å². The summed E-state index contributed by atoms with van der Waals surface area (Å²) in [4.78, 5) is 28.8. The van der Waals surface area contributed by atoms with Gasteiger partial charge in [-0.15, -0.1) is 0 Å². The highest BCUT2D eigenvalue weighted by molar-refractivity contribution is 7.99. The van der Waals surface area contributed by atoms with Gasteiger partial charge in [0.2, 0.25) is 11.8 Å². The lowest BCUT2D eigenvalue weighted by atomic mass is 10.1. The molecule has 31 heavy (non-hydrogen) atoms. The predicted octanol–water partition coefficient (Wildman–Crippen LogP) is 4.96. The SMILES string of the molecule is Cc1cccc(C)c1NC(=O)CN(C)CC(=O)Nc1ccccc1Sc1ccccc1. The Hall–Kier alpha value is -3.09. The summed E-state index contributed by atoms with van der Waals surface area (Å²) < 4.78 is 0. The summed E-state index contributed by atoms with van der Waals surface area (Å²) in [6.07, 6.45) is 0. The van der Waals surface area contributed by atoms with E-state index in [2.05, 4.69) is 10.6 Å². The molecule has 0 aliphatic rings. The molecule has 5 nitrogen and oxygen atoms in total. The first-order valence-corrected chi connectivity index (χ1v) is 10.9. The standard InChI is InChI=1S/C25H27N3O2S/c1-18-10-9-11-19(2)25(18)27-24(30)17-28(3)16-23(29)26-21-14-7-8-15-22(21)31-20-12-5-4-6-13-20/h4-15H,16-17H2,1-3H3,(H,26,29)(H,27,30). The van der Waals surface area contributed by atoms with Crippen molar-refractivity contribution in [2.45, 2.75) is 23.6 Å². The fourth-order valence-corrected chi connectivity index (χ4v) is 4.12. The molecule has 0 saturated carbocycles. The van der Waals surface area contributed by atoms with Crippen molar-refractivity contribution in [3.05, 3.63) is 83.9 Å². The van der Waals surface area contributed by atoms with E-state index in [9.17, 15) is 9.59 Å². The van der Waals surface area contributed by atoms with E-state index in [1.807, 2.05) is 86.6 Å². The van der Waals surface area contributed by atoms with E-state index in [1.54, 1.807) is 23.7 Å². The van der Waals surface area contributed by atoms with Crippen molar-refractivity contribution < 1.29 is 9.59 Å². The first kappa shape index (κ1) is 22.6. The summed E-state index contributed by atoms with van der Waals surface area (Å²) in [5.74, 6) is -0.309. The van der Waals surface area contributed by atoms with Gasteiger partial charge in [-0.05, 0) is 56.3 Å². The number of amides is 2. The Balaban J connectivity index is 1.55. The Morgan fingerprint density at radius 2 is 1.35 bits per heavy atom. The maximum Gasteiger partial charge on any atom is 0.238 e. The van der Waals surface area contributed by atoms with Gasteiger partial charge in [0.1, 0.15) is 0 Å². The third-order valence-electron chi connectivity index (χ3n) is 4.70. The van der Waals surface area contributed by atoms with Crippen LogP contribution in [0.15, 0.2) is 82.6 Å². The molecule has 0 aliphatic heterocycles. The number of carbonyl (C=O) groups is 2. The topological polar surface area (TPSA) is 61.4 Å². The molecule has 0 radical (unpaired) electrons. The number of hydrogen-bond donors (Lipinski definition) is 2. The zero-order valence-corrected chi connectivity index (χ0v) is 18.8. The number of likely N-dealkylation sites (N-methyl/N-ethyl adjacent to an activating group) is 1. The number of nitrogens with zero attached hydrogens (tertiary/aromatic N) is 1. The van der Waals surface area contributed by atoms with Crippen LogP contribution in [0.2, 0.25) is 0 Å². The molecule has 0 spiro atoms. The molecule has 3 aromatic carbocycles. The number of aryl methyl sites for hydroxylation is 2. The second kappa shape index (κ2) is 10.8. The summed E-state index contributed by atoms with van der Waals surface area (Å²) in [6.45, 7) is 4.17. The van der Waals surface area contributed by atoms with Crippen LogP contribution >= 0.6 is 11.8 Å². The minimum absolute atomic E-state index is 0.116. The summed E-state index contributed by atoms with van der Waals surface area (Å²) in [6, 6.07) is 23.6. The predicted molar refractivity (Wildman–Crippen MR) is 128 cm³/mol. The quantitative estimate of drug-likeness (QED) is 0.527. The van der Waals surface area contributed by atoms with E-state index in [1.165, 1.54) is 0 Å². The molecule has 3 rings (SSSR count). The molecular weight excluding hydrogens is 406 g/mol. The number of carbonyl (C=O) groups excluding carboxylic acids is 2. The van der Waals surface area contributed by atoms with Crippen LogP contribution in [0.25, 0.3) is 0 Å². The minimum Gasteiger partial charge on any atom is -0.324 e. The molecule has 0 atom stereocenters. The third-order valence-corrected chi connectivity index (χ3v) is 5.79. The molecular formula is C25H27N3O2S. The van der Waals surface area contributed by atoms with Crippen molar-refractivity contribution in [3.63, 3.8) is 0 Å². The Kier molecular flexibility index (Phi) is 7.87. The van der Waals surface area contributed by atoms with Gasteiger partial charge in [0, 0.05) is 15.5 Å². The first-order chi connectivity index (χ1) is 14.9. The van der Waals surface area contributed by atoms with E-state index in [4.69, 9.17) is 0 Å². The van der Waals surface area contributed by atoms with Crippen LogP contribution in [0, 0.1) is 13.8 Å². The summed E-state index contributed by atoms with van der Waals surface area (Å²) in [7, 11) is 1.76. The summed E-state index contributed by atoms with van der Waals surface area (Å²) >= 11 is 1.60. The normalized spacial score (nSPS) is 10.7. The van der Waals surface area contributed by atoms with Crippen LogP contribution in [0.5, 0.6) is 0 Å². The number of hydrogen-bond acceptors (Lipinski definition) is 4. The van der Waals surface area contributed by atoms with Crippen molar-refractivity contribution in [1.82, 2.24) is 4.90 Å². The zero-order valence-electron chi connectivity index (χ0n) is 18.0. The summed E-state index contributed by atoms with van der Waals surface area (Å²) in [5, 5.41) is 5.92. The molecule has 160 valence electrons. The zero-order chi connectivity index (χ0) is 22.2. The molecule has 0 unspecified atom stereocenters. The van der Waals surface area contributed by atoms with Gasteiger partial charge in [-0.3, -0.25) is 14.5 Å². The van der Waals surface area contributed by atoms with Crippen molar-refractivity contribution in [2.24, 2.45) is 0 Å². The third kappa shape index (κ3) is 6.70. The monoisotopic (exact) mass is 433 g/mol. The van der Waals surface area contributed by atoms with E-state index in [-0.39, 0.29) is 24.9 Å². The van der Waals surface area contributed by atoms with Crippen LogP contribution in [0.3, 0.4) is 0 Å². The van der Waals surface area contributed by atoms with E-state index < -0.39 is 0 Å². The van der Waals surface area contributed by atoms with Crippen molar-refractivity contribution in [2.75, 3.05) is 30.8 Å². The molecule has 0 saturated heterocycles. The lowest BCUT2D eigenvalue weighted by Crippen LogP contribution is -2.36. The average molecular weight is 434 g/mol. The molecule has 2 amide bonds. The molecule has 2 N–H and O–H groups in total. The molecule has 0 fully saturated rings. The summed E-state index contributed by atoms with van der Waals surface area (Å²) in [5.41, 5.74) is 3.62. The Morgan fingerprint density at radius 1 is 0.774 bits per heavy atom.